The Morgan fingerprint density at radius 3 is 2.14 bits per heavy atom. The van der Waals surface area contributed by atoms with Gasteiger partial charge in [-0.1, -0.05) is 32.9 Å². The zero-order valence-electron chi connectivity index (χ0n) is 24.2. The number of methoxy groups -OCH3 is 1. The molecule has 1 fully saturated rings. The van der Waals surface area contributed by atoms with Crippen molar-refractivity contribution in [3.63, 3.8) is 0 Å². The van der Waals surface area contributed by atoms with Gasteiger partial charge in [-0.15, -0.1) is 5.10 Å². The number of benzene rings is 1. The van der Waals surface area contributed by atoms with Gasteiger partial charge in [0.1, 0.15) is 5.82 Å². The number of carboxylic acid groups (broad SMARTS) is 2. The molecule has 0 unspecified atom stereocenters. The summed E-state index contributed by atoms with van der Waals surface area (Å²) in [5.41, 5.74) is 2.54. The number of alkyl halides is 6. The highest BCUT2D eigenvalue weighted by Crippen LogP contribution is 2.25. The van der Waals surface area contributed by atoms with Crippen LogP contribution in [-0.4, -0.2) is 82.3 Å². The van der Waals surface area contributed by atoms with Crippen molar-refractivity contribution in [2.75, 3.05) is 30.5 Å². The van der Waals surface area contributed by atoms with Gasteiger partial charge in [-0.3, -0.25) is 9.59 Å². The zero-order valence-corrected chi connectivity index (χ0v) is 24.2. The second-order valence-electron chi connectivity index (χ2n) is 10.0. The molecule has 2 aromatic heterocycles. The van der Waals surface area contributed by atoms with Crippen LogP contribution >= 0.6 is 0 Å². The fourth-order valence-electron chi connectivity index (χ4n) is 3.90. The summed E-state index contributed by atoms with van der Waals surface area (Å²) in [7, 11) is 1.73. The van der Waals surface area contributed by atoms with Crippen LogP contribution in [0.5, 0.6) is 0 Å². The fraction of sp³-hybridized carbons (Fsp3) is 0.444. The molecule has 244 valence electrons. The third-order valence-corrected chi connectivity index (χ3v) is 5.83. The number of carbonyl (C=O) groups is 3. The highest BCUT2D eigenvalue weighted by Gasteiger charge is 2.38. The molecule has 1 aliphatic rings. The molecule has 17 heteroatoms. The number of anilines is 2. The summed E-state index contributed by atoms with van der Waals surface area (Å²) < 4.78 is 67.8. The lowest BCUT2D eigenvalue weighted by molar-refractivity contribution is -0.192. The van der Waals surface area contributed by atoms with Crippen molar-refractivity contribution in [3.05, 3.63) is 53.7 Å². The van der Waals surface area contributed by atoms with Gasteiger partial charge in [-0.25, -0.2) is 14.3 Å². The van der Waals surface area contributed by atoms with Gasteiger partial charge in [0, 0.05) is 19.2 Å². The Morgan fingerprint density at radius 2 is 1.66 bits per heavy atom. The zero-order chi connectivity index (χ0) is 33.7. The molecule has 4 rings (SSSR count). The minimum absolute atomic E-state index is 0.0532. The van der Waals surface area contributed by atoms with E-state index < -0.39 is 18.8 Å². The fourth-order valence-corrected chi connectivity index (χ4v) is 3.90. The number of carbonyl (C=O) groups excluding carboxylic acids is 1. The Kier molecular flexibility index (Phi) is 14.6. The van der Waals surface area contributed by atoms with Crippen LogP contribution in [0, 0.1) is 0 Å². The predicted molar refractivity (Wildman–Crippen MR) is 148 cm³/mol. The number of nitrogens with zero attached hydrogens (tertiary/aromatic N) is 4. The van der Waals surface area contributed by atoms with Gasteiger partial charge in [0.25, 0.3) is 12.4 Å². The number of nitrogens with one attached hydrogen (secondary N) is 1. The highest BCUT2D eigenvalue weighted by molar-refractivity contribution is 6.03. The molecule has 1 saturated heterocycles. The maximum absolute atomic E-state index is 12.6. The summed E-state index contributed by atoms with van der Waals surface area (Å²) in [5.74, 6) is -1.55. The maximum Gasteiger partial charge on any atom is 0.490 e. The predicted octanol–water partition coefficient (Wildman–Crippen LogP) is 5.41. The molecule has 3 N–H and O–H groups in total. The summed E-state index contributed by atoms with van der Waals surface area (Å²) in [6, 6.07) is 12.0. The molecule has 0 saturated carbocycles. The largest absolute Gasteiger partial charge is 0.490 e. The lowest BCUT2D eigenvalue weighted by Crippen LogP contribution is -2.33. The topological polar surface area (TPSA) is 146 Å². The molecule has 1 atom stereocenters. The van der Waals surface area contributed by atoms with E-state index in [-0.39, 0.29) is 17.8 Å². The van der Waals surface area contributed by atoms with Crippen molar-refractivity contribution in [2.45, 2.75) is 57.9 Å². The molecule has 44 heavy (non-hydrogen) atoms. The molecule has 1 amide bonds. The Morgan fingerprint density at radius 1 is 1.11 bits per heavy atom. The summed E-state index contributed by atoms with van der Waals surface area (Å²) in [5, 5.41) is 21.6. The molecule has 3 heterocycles. The van der Waals surface area contributed by atoms with Crippen LogP contribution < -0.4 is 10.2 Å². The van der Waals surface area contributed by atoms with E-state index >= 15 is 0 Å². The van der Waals surface area contributed by atoms with E-state index in [0.29, 0.717) is 29.7 Å². The lowest BCUT2D eigenvalue weighted by atomic mass is 9.87. The first kappa shape index (κ1) is 37.6. The number of hydrogen-bond donors (Lipinski definition) is 3. The monoisotopic (exact) mass is 637 g/mol. The number of halogens is 6. The Balaban J connectivity index is 0.000000581. The summed E-state index contributed by atoms with van der Waals surface area (Å²) in [6.07, 6.45) is -1.10. The van der Waals surface area contributed by atoms with Gasteiger partial charge in [0.05, 0.1) is 18.8 Å². The molecule has 0 aliphatic carbocycles. The number of aromatic nitrogens is 3. The molecular weight excluding hydrogens is 604 g/mol. The van der Waals surface area contributed by atoms with E-state index in [0.717, 1.165) is 25.2 Å². The van der Waals surface area contributed by atoms with E-state index in [1.165, 1.54) is 5.56 Å². The van der Waals surface area contributed by atoms with Gasteiger partial charge >= 0.3 is 18.8 Å². The van der Waals surface area contributed by atoms with Crippen molar-refractivity contribution in [1.82, 2.24) is 14.6 Å². The molecular formula is C27H33F6N5O6. The number of carboxylic acids is 1. The van der Waals surface area contributed by atoms with Crippen molar-refractivity contribution in [3.8, 4) is 0 Å². The summed E-state index contributed by atoms with van der Waals surface area (Å²) in [4.78, 5) is 36.7. The van der Waals surface area contributed by atoms with E-state index in [9.17, 15) is 31.1 Å². The third kappa shape index (κ3) is 12.4. The van der Waals surface area contributed by atoms with Crippen LogP contribution in [0.3, 0.4) is 0 Å². The first-order valence-corrected chi connectivity index (χ1v) is 12.8. The van der Waals surface area contributed by atoms with Crippen LogP contribution in [0.2, 0.25) is 0 Å². The standard InChI is InChI=1S/C23H29N5O2.C2HF3O2.CHF3.CH2O2/c1-23(2,3)17-9-7-16(8-10-17)22(29)25-19-14-28-20(24-19)11-12-21(26-28)27-13-5-6-18(27)15-30-4;3-2(4,5)1(6)7;2-1(3)4;2-1-3/h7-12,14,18H,5-6,13,15H2,1-4H3,(H,25,29);(H,6,7);1H;1H,(H,2,3)/t18-;;;/m0.../s1. The number of imidazole rings is 1. The molecule has 3 aromatic rings. The molecule has 0 spiro atoms. The SMILES string of the molecule is COC[C@@H]1CCCN1c1ccc2nc(NC(=O)c3ccc(C(C)(C)C)cc3)cn2n1.FC(F)F.O=C(O)C(F)(F)F.O=CO. The summed E-state index contributed by atoms with van der Waals surface area (Å²) in [6.45, 7) is 4.20. The van der Waals surface area contributed by atoms with Crippen molar-refractivity contribution in [1.29, 1.82) is 0 Å². The van der Waals surface area contributed by atoms with Crippen LogP contribution in [0.4, 0.5) is 38.0 Å². The lowest BCUT2D eigenvalue weighted by Gasteiger charge is -2.24. The second-order valence-corrected chi connectivity index (χ2v) is 10.0. The smallest absolute Gasteiger partial charge is 0.483 e. The van der Waals surface area contributed by atoms with E-state index in [2.05, 4.69) is 36.0 Å². The maximum atomic E-state index is 12.6. The second kappa shape index (κ2) is 17.0. The van der Waals surface area contributed by atoms with Crippen LogP contribution in [0.1, 0.15) is 49.5 Å². The molecule has 0 radical (unpaired) electrons. The molecule has 1 aromatic carbocycles. The first-order chi connectivity index (χ1) is 20.4. The molecule has 0 bridgehead atoms. The number of rotatable bonds is 5. The van der Waals surface area contributed by atoms with Crippen molar-refractivity contribution >= 4 is 35.6 Å². The molecule has 11 nitrogen and oxygen atoms in total. The van der Waals surface area contributed by atoms with Crippen LogP contribution in [0.15, 0.2) is 42.6 Å². The van der Waals surface area contributed by atoms with Gasteiger partial charge < -0.3 is 25.2 Å². The quantitative estimate of drug-likeness (QED) is 0.247. The number of amides is 1. The average Bonchev–Trinajstić information content (AvgIpc) is 3.54. The van der Waals surface area contributed by atoms with Crippen molar-refractivity contribution < 1.29 is 55.7 Å². The number of aliphatic carboxylic acids is 1. The summed E-state index contributed by atoms with van der Waals surface area (Å²) >= 11 is 0. The van der Waals surface area contributed by atoms with Crippen molar-refractivity contribution in [2.24, 2.45) is 0 Å². The molecule has 1 aliphatic heterocycles. The van der Waals surface area contributed by atoms with Crippen LogP contribution in [0.25, 0.3) is 5.65 Å². The Bertz CT molecular complexity index is 1340. The minimum Gasteiger partial charge on any atom is -0.483 e. The van der Waals surface area contributed by atoms with E-state index in [1.54, 1.807) is 17.8 Å². The first-order valence-electron chi connectivity index (χ1n) is 12.8. The van der Waals surface area contributed by atoms with Gasteiger partial charge in [-0.2, -0.15) is 26.3 Å². The highest BCUT2D eigenvalue weighted by atomic mass is 19.4. The number of fused-ring (bicyclic) bond motifs is 1. The third-order valence-electron chi connectivity index (χ3n) is 5.83. The van der Waals surface area contributed by atoms with Gasteiger partial charge in [-0.05, 0) is 48.1 Å². The minimum atomic E-state index is -5.08. The van der Waals surface area contributed by atoms with E-state index in [1.807, 2.05) is 36.4 Å². The number of hydrogen-bond acceptors (Lipinski definition) is 7. The normalized spacial score (nSPS) is 14.4. The van der Waals surface area contributed by atoms with E-state index in [4.69, 9.17) is 29.6 Å². The average molecular weight is 638 g/mol. The van der Waals surface area contributed by atoms with Gasteiger partial charge in [0.2, 0.25) is 0 Å². The van der Waals surface area contributed by atoms with Gasteiger partial charge in [0.15, 0.2) is 11.5 Å². The Hall–Kier alpha value is -4.41. The number of ether oxygens (including phenoxy) is 1. The Labute approximate surface area is 248 Å². The van der Waals surface area contributed by atoms with Crippen LogP contribution in [-0.2, 0) is 19.7 Å².